The van der Waals surface area contributed by atoms with Gasteiger partial charge in [-0.3, -0.25) is 4.55 Å². The zero-order chi connectivity index (χ0) is 14.8. The lowest BCUT2D eigenvalue weighted by Gasteiger charge is -2.05. The Morgan fingerprint density at radius 1 is 1.20 bits per heavy atom. The highest BCUT2D eigenvalue weighted by Crippen LogP contribution is 2.13. The standard InChI is InChI=1S/C14H16FNO3S/c1-11-4-5-12-6-7-13(15)10-14(12)16(11)8-2-3-9-20(17,18)19/h4-7,10H,2-3,8-9H2,1H3/p+1. The molecule has 1 aromatic heterocycles. The number of fused-ring (bicyclic) bond motifs is 1. The summed E-state index contributed by atoms with van der Waals surface area (Å²) < 4.78 is 45.4. The van der Waals surface area contributed by atoms with Gasteiger partial charge >= 0.3 is 0 Å². The molecule has 0 saturated heterocycles. The van der Waals surface area contributed by atoms with Gasteiger partial charge in [-0.25, -0.2) is 4.39 Å². The topological polar surface area (TPSA) is 58.2 Å². The molecule has 0 unspecified atom stereocenters. The number of rotatable bonds is 5. The van der Waals surface area contributed by atoms with E-state index in [1.165, 1.54) is 12.1 Å². The molecular formula is C14H17FNO3S+. The molecule has 2 rings (SSSR count). The van der Waals surface area contributed by atoms with Gasteiger partial charge < -0.3 is 0 Å². The summed E-state index contributed by atoms with van der Waals surface area (Å²) in [6.45, 7) is 2.51. The van der Waals surface area contributed by atoms with Crippen molar-refractivity contribution in [3.63, 3.8) is 0 Å². The predicted molar refractivity (Wildman–Crippen MR) is 74.5 cm³/mol. The van der Waals surface area contributed by atoms with Crippen LogP contribution >= 0.6 is 0 Å². The highest BCUT2D eigenvalue weighted by Gasteiger charge is 2.14. The number of hydrogen-bond donors (Lipinski definition) is 1. The van der Waals surface area contributed by atoms with Gasteiger partial charge in [0.15, 0.2) is 5.69 Å². The molecule has 0 bridgehead atoms. The maximum atomic E-state index is 13.4. The van der Waals surface area contributed by atoms with Crippen LogP contribution in [0.2, 0.25) is 0 Å². The summed E-state index contributed by atoms with van der Waals surface area (Å²) in [6.07, 6.45) is 0.970. The number of unbranched alkanes of at least 4 members (excludes halogenated alkanes) is 1. The van der Waals surface area contributed by atoms with Crippen molar-refractivity contribution in [2.45, 2.75) is 26.3 Å². The smallest absolute Gasteiger partial charge is 0.264 e. The van der Waals surface area contributed by atoms with Crippen molar-refractivity contribution in [2.24, 2.45) is 0 Å². The average molecular weight is 298 g/mol. The lowest BCUT2D eigenvalue weighted by Crippen LogP contribution is -2.38. The van der Waals surface area contributed by atoms with Crippen LogP contribution in [0.4, 0.5) is 4.39 Å². The third-order valence-electron chi connectivity index (χ3n) is 3.25. The molecule has 0 aliphatic rings. The zero-order valence-corrected chi connectivity index (χ0v) is 12.0. The van der Waals surface area contributed by atoms with Crippen LogP contribution < -0.4 is 4.57 Å². The first-order valence-corrected chi connectivity index (χ1v) is 8.01. The third-order valence-corrected chi connectivity index (χ3v) is 4.05. The van der Waals surface area contributed by atoms with Crippen LogP contribution in [-0.4, -0.2) is 18.7 Å². The highest BCUT2D eigenvalue weighted by atomic mass is 32.2. The molecule has 0 fully saturated rings. The van der Waals surface area contributed by atoms with Crippen LogP contribution in [-0.2, 0) is 16.7 Å². The van der Waals surface area contributed by atoms with Crippen LogP contribution in [0.5, 0.6) is 0 Å². The summed E-state index contributed by atoms with van der Waals surface area (Å²) in [4.78, 5) is 0. The van der Waals surface area contributed by atoms with Crippen molar-refractivity contribution in [3.05, 3.63) is 41.8 Å². The van der Waals surface area contributed by atoms with Crippen molar-refractivity contribution < 1.29 is 21.9 Å². The van der Waals surface area contributed by atoms with E-state index in [1.807, 2.05) is 23.6 Å². The van der Waals surface area contributed by atoms with E-state index in [1.54, 1.807) is 6.07 Å². The normalized spacial score (nSPS) is 11.9. The monoisotopic (exact) mass is 298 g/mol. The molecule has 6 heteroatoms. The Hall–Kier alpha value is -1.53. The van der Waals surface area contributed by atoms with E-state index in [4.69, 9.17) is 4.55 Å². The summed E-state index contributed by atoms with van der Waals surface area (Å²) in [5, 5.41) is 0.937. The average Bonchev–Trinajstić information content (AvgIpc) is 2.35. The number of aromatic nitrogens is 1. The number of benzene rings is 1. The Morgan fingerprint density at radius 3 is 2.60 bits per heavy atom. The molecule has 0 atom stereocenters. The van der Waals surface area contributed by atoms with Gasteiger partial charge in [-0.2, -0.15) is 13.0 Å². The molecule has 0 aliphatic carbocycles. The van der Waals surface area contributed by atoms with Crippen molar-refractivity contribution >= 4 is 21.0 Å². The molecule has 2 aromatic rings. The number of nitrogens with zero attached hydrogens (tertiary/aromatic N) is 1. The van der Waals surface area contributed by atoms with E-state index in [0.717, 1.165) is 16.6 Å². The molecule has 20 heavy (non-hydrogen) atoms. The summed E-state index contributed by atoms with van der Waals surface area (Å²) in [6, 6.07) is 8.49. The van der Waals surface area contributed by atoms with E-state index in [-0.39, 0.29) is 11.6 Å². The minimum absolute atomic E-state index is 0.244. The second-order valence-electron chi connectivity index (χ2n) is 4.82. The van der Waals surface area contributed by atoms with Crippen molar-refractivity contribution in [1.82, 2.24) is 0 Å². The molecule has 1 aromatic carbocycles. The van der Waals surface area contributed by atoms with Gasteiger partial charge in [-0.1, -0.05) is 0 Å². The maximum absolute atomic E-state index is 13.4. The molecular weight excluding hydrogens is 281 g/mol. The largest absolute Gasteiger partial charge is 0.286 e. The molecule has 1 N–H and O–H groups in total. The minimum Gasteiger partial charge on any atom is -0.286 e. The summed E-state index contributed by atoms with van der Waals surface area (Å²) in [5.74, 6) is -0.541. The second-order valence-corrected chi connectivity index (χ2v) is 6.39. The van der Waals surface area contributed by atoms with Crippen LogP contribution in [0.15, 0.2) is 30.3 Å². The number of pyridine rings is 1. The SMILES string of the molecule is Cc1ccc2ccc(F)cc2[n+]1CCCCS(=O)(=O)O. The lowest BCUT2D eigenvalue weighted by molar-refractivity contribution is -0.677. The molecule has 0 radical (unpaired) electrons. The van der Waals surface area contributed by atoms with Gasteiger partial charge in [0.25, 0.3) is 10.1 Å². The lowest BCUT2D eigenvalue weighted by atomic mass is 10.1. The molecule has 108 valence electrons. The van der Waals surface area contributed by atoms with Gasteiger partial charge in [0, 0.05) is 30.9 Å². The third kappa shape index (κ3) is 3.74. The number of hydrogen-bond acceptors (Lipinski definition) is 2. The van der Waals surface area contributed by atoms with Gasteiger partial charge in [0.05, 0.1) is 5.75 Å². The summed E-state index contributed by atoms with van der Waals surface area (Å²) >= 11 is 0. The van der Waals surface area contributed by atoms with Gasteiger partial charge in [0.1, 0.15) is 12.4 Å². The van der Waals surface area contributed by atoms with E-state index < -0.39 is 10.1 Å². The van der Waals surface area contributed by atoms with Crippen LogP contribution in [0.25, 0.3) is 10.9 Å². The van der Waals surface area contributed by atoms with Crippen molar-refractivity contribution in [1.29, 1.82) is 0 Å². The second kappa shape index (κ2) is 5.85. The molecule has 0 spiro atoms. The molecule has 0 amide bonds. The van der Waals surface area contributed by atoms with Crippen molar-refractivity contribution in [3.8, 4) is 0 Å². The molecule has 4 nitrogen and oxygen atoms in total. The molecule has 1 heterocycles. The Morgan fingerprint density at radius 2 is 1.90 bits per heavy atom. The number of aryl methyl sites for hydroxylation is 2. The Bertz CT molecular complexity index is 723. The summed E-state index contributed by atoms with van der Waals surface area (Å²) in [7, 11) is -3.91. The van der Waals surface area contributed by atoms with E-state index in [0.29, 0.717) is 19.4 Å². The van der Waals surface area contributed by atoms with E-state index in [9.17, 15) is 12.8 Å². The first kappa shape index (κ1) is 14.9. The Labute approximate surface area is 117 Å². The first-order valence-electron chi connectivity index (χ1n) is 6.41. The fourth-order valence-electron chi connectivity index (χ4n) is 2.23. The van der Waals surface area contributed by atoms with Crippen LogP contribution in [0.1, 0.15) is 18.5 Å². The van der Waals surface area contributed by atoms with Crippen LogP contribution in [0, 0.1) is 12.7 Å². The highest BCUT2D eigenvalue weighted by molar-refractivity contribution is 7.85. The summed E-state index contributed by atoms with van der Waals surface area (Å²) in [5.41, 5.74) is 1.77. The van der Waals surface area contributed by atoms with E-state index in [2.05, 4.69) is 0 Å². The quantitative estimate of drug-likeness (QED) is 0.523. The Kier molecular flexibility index (Phi) is 4.35. The van der Waals surface area contributed by atoms with Gasteiger partial charge in [0.2, 0.25) is 5.52 Å². The fourth-order valence-corrected chi connectivity index (χ4v) is 2.80. The predicted octanol–water partition coefficient (Wildman–Crippen LogP) is 2.24. The number of halogens is 1. The maximum Gasteiger partial charge on any atom is 0.264 e. The van der Waals surface area contributed by atoms with Crippen molar-refractivity contribution in [2.75, 3.05) is 5.75 Å². The Balaban J connectivity index is 2.20. The zero-order valence-electron chi connectivity index (χ0n) is 11.2. The molecule has 0 aliphatic heterocycles. The van der Waals surface area contributed by atoms with E-state index >= 15 is 0 Å². The van der Waals surface area contributed by atoms with Crippen LogP contribution in [0.3, 0.4) is 0 Å². The first-order chi connectivity index (χ1) is 9.37. The van der Waals surface area contributed by atoms with Gasteiger partial charge in [-0.15, -0.1) is 0 Å². The fraction of sp³-hybridized carbons (Fsp3) is 0.357. The minimum atomic E-state index is -3.91. The van der Waals surface area contributed by atoms with Gasteiger partial charge in [-0.05, 0) is 24.6 Å². The molecule has 0 saturated carbocycles.